The quantitative estimate of drug-likeness (QED) is 0.599. The van der Waals surface area contributed by atoms with Crippen LogP contribution in [0.2, 0.25) is 0 Å². The van der Waals surface area contributed by atoms with Gasteiger partial charge in [0.25, 0.3) is 5.91 Å². The number of hydrogen-bond donors (Lipinski definition) is 2. The van der Waals surface area contributed by atoms with Crippen molar-refractivity contribution in [2.45, 2.75) is 6.10 Å². The molecule has 0 aliphatic carbocycles. The summed E-state index contributed by atoms with van der Waals surface area (Å²) in [6.45, 7) is 2.49. The number of morpholine rings is 1. The number of nitro benzene ring substituents is 1. The first kappa shape index (κ1) is 15.2. The maximum absolute atomic E-state index is 12.0. The SMILES string of the molecule is COc1cc(C(=O)NCC2CNCCO2)ccc1[N+](=O)[O-]. The third-order valence-electron chi connectivity index (χ3n) is 3.13. The Morgan fingerprint density at radius 3 is 3.05 bits per heavy atom. The number of rotatable bonds is 5. The number of nitrogens with zero attached hydrogens (tertiary/aromatic N) is 1. The van der Waals surface area contributed by atoms with Gasteiger partial charge in [0.15, 0.2) is 5.75 Å². The molecule has 8 nitrogen and oxygen atoms in total. The van der Waals surface area contributed by atoms with Crippen LogP contribution in [0.25, 0.3) is 0 Å². The van der Waals surface area contributed by atoms with Crippen molar-refractivity contribution in [3.8, 4) is 5.75 Å². The first-order valence-corrected chi connectivity index (χ1v) is 6.54. The van der Waals surface area contributed by atoms with Crippen LogP contribution >= 0.6 is 0 Å². The zero-order valence-electron chi connectivity index (χ0n) is 11.6. The van der Waals surface area contributed by atoms with Gasteiger partial charge in [-0.3, -0.25) is 14.9 Å². The van der Waals surface area contributed by atoms with E-state index in [0.717, 1.165) is 6.54 Å². The van der Waals surface area contributed by atoms with E-state index in [1.54, 1.807) is 0 Å². The monoisotopic (exact) mass is 295 g/mol. The molecule has 0 saturated carbocycles. The Morgan fingerprint density at radius 1 is 1.62 bits per heavy atom. The van der Waals surface area contributed by atoms with Gasteiger partial charge in [0.05, 0.1) is 24.7 Å². The van der Waals surface area contributed by atoms with Crippen LogP contribution in [0.4, 0.5) is 5.69 Å². The normalized spacial score (nSPS) is 18.0. The summed E-state index contributed by atoms with van der Waals surface area (Å²) in [4.78, 5) is 22.3. The Labute approximate surface area is 121 Å². The second-order valence-corrected chi connectivity index (χ2v) is 4.55. The summed E-state index contributed by atoms with van der Waals surface area (Å²) < 4.78 is 10.4. The van der Waals surface area contributed by atoms with E-state index in [2.05, 4.69) is 10.6 Å². The Hall–Kier alpha value is -2.19. The minimum atomic E-state index is -0.554. The fourth-order valence-electron chi connectivity index (χ4n) is 2.03. The molecule has 114 valence electrons. The van der Waals surface area contributed by atoms with Crippen LogP contribution in [0.1, 0.15) is 10.4 Å². The van der Waals surface area contributed by atoms with Gasteiger partial charge in [-0.2, -0.15) is 0 Å². The van der Waals surface area contributed by atoms with Gasteiger partial charge in [-0.1, -0.05) is 0 Å². The summed E-state index contributed by atoms with van der Waals surface area (Å²) >= 11 is 0. The maximum Gasteiger partial charge on any atom is 0.310 e. The molecule has 0 bridgehead atoms. The standard InChI is InChI=1S/C13H17N3O5/c1-20-12-6-9(2-3-11(12)16(18)19)13(17)15-8-10-7-14-4-5-21-10/h2-3,6,10,14H,4-5,7-8H2,1H3,(H,15,17). The molecule has 1 aromatic rings. The van der Waals surface area contributed by atoms with Crippen LogP contribution in [-0.4, -0.2) is 50.3 Å². The van der Waals surface area contributed by atoms with Crippen molar-refractivity contribution < 1.29 is 19.2 Å². The smallest absolute Gasteiger partial charge is 0.310 e. The molecule has 0 spiro atoms. The lowest BCUT2D eigenvalue weighted by Crippen LogP contribution is -2.45. The van der Waals surface area contributed by atoms with Crippen molar-refractivity contribution >= 4 is 11.6 Å². The van der Waals surface area contributed by atoms with Gasteiger partial charge in [-0.05, 0) is 6.07 Å². The average Bonchev–Trinajstić information content (AvgIpc) is 2.52. The summed E-state index contributed by atoms with van der Waals surface area (Å²) in [7, 11) is 1.32. The summed E-state index contributed by atoms with van der Waals surface area (Å²) in [6, 6.07) is 4.01. The van der Waals surface area contributed by atoms with Crippen molar-refractivity contribution in [1.29, 1.82) is 0 Å². The molecule has 1 saturated heterocycles. The van der Waals surface area contributed by atoms with E-state index in [9.17, 15) is 14.9 Å². The maximum atomic E-state index is 12.0. The predicted octanol–water partition coefficient (Wildman–Crippen LogP) is 0.322. The number of hydrogen-bond acceptors (Lipinski definition) is 6. The van der Waals surface area contributed by atoms with Crippen LogP contribution < -0.4 is 15.4 Å². The molecule has 8 heteroatoms. The van der Waals surface area contributed by atoms with Crippen molar-refractivity contribution in [3.05, 3.63) is 33.9 Å². The van der Waals surface area contributed by atoms with Gasteiger partial charge >= 0.3 is 5.69 Å². The molecule has 21 heavy (non-hydrogen) atoms. The van der Waals surface area contributed by atoms with Gasteiger partial charge in [0.1, 0.15) is 0 Å². The number of amides is 1. The molecule has 1 unspecified atom stereocenters. The van der Waals surface area contributed by atoms with Gasteiger partial charge < -0.3 is 20.1 Å². The highest BCUT2D eigenvalue weighted by atomic mass is 16.6. The van der Waals surface area contributed by atoms with E-state index in [1.807, 2.05) is 0 Å². The Morgan fingerprint density at radius 2 is 2.43 bits per heavy atom. The van der Waals surface area contributed by atoms with Crippen LogP contribution in [0.15, 0.2) is 18.2 Å². The Kier molecular flexibility index (Phi) is 5.07. The van der Waals surface area contributed by atoms with Gasteiger partial charge in [-0.15, -0.1) is 0 Å². The third-order valence-corrected chi connectivity index (χ3v) is 3.13. The lowest BCUT2D eigenvalue weighted by molar-refractivity contribution is -0.385. The molecule has 1 amide bonds. The number of carbonyl (C=O) groups is 1. The molecular formula is C13H17N3O5. The molecule has 1 aromatic carbocycles. The van der Waals surface area contributed by atoms with Gasteiger partial charge in [0.2, 0.25) is 0 Å². The molecular weight excluding hydrogens is 278 g/mol. The zero-order valence-corrected chi connectivity index (χ0v) is 11.6. The predicted molar refractivity (Wildman–Crippen MR) is 74.6 cm³/mol. The lowest BCUT2D eigenvalue weighted by Gasteiger charge is -2.23. The Balaban J connectivity index is 2.00. The molecule has 2 rings (SSSR count). The van der Waals surface area contributed by atoms with Gasteiger partial charge in [0, 0.05) is 37.3 Å². The zero-order chi connectivity index (χ0) is 15.2. The van der Waals surface area contributed by atoms with Gasteiger partial charge in [-0.25, -0.2) is 0 Å². The fraction of sp³-hybridized carbons (Fsp3) is 0.462. The third kappa shape index (κ3) is 3.89. The second kappa shape index (κ2) is 7.00. The molecule has 1 heterocycles. The molecule has 1 fully saturated rings. The molecule has 2 N–H and O–H groups in total. The van der Waals surface area contributed by atoms with Crippen molar-refractivity contribution in [2.75, 3.05) is 33.4 Å². The first-order chi connectivity index (χ1) is 10.1. The van der Waals surface area contributed by atoms with Crippen LogP contribution in [-0.2, 0) is 4.74 Å². The van der Waals surface area contributed by atoms with E-state index in [1.165, 1.54) is 25.3 Å². The minimum absolute atomic E-state index is 0.0585. The largest absolute Gasteiger partial charge is 0.490 e. The first-order valence-electron chi connectivity index (χ1n) is 6.54. The highest BCUT2D eigenvalue weighted by Crippen LogP contribution is 2.27. The van der Waals surface area contributed by atoms with E-state index >= 15 is 0 Å². The van der Waals surface area contributed by atoms with E-state index in [0.29, 0.717) is 25.3 Å². The Bertz CT molecular complexity index is 529. The number of nitrogens with one attached hydrogen (secondary N) is 2. The number of ether oxygens (including phenoxy) is 2. The van der Waals surface area contributed by atoms with E-state index in [4.69, 9.17) is 9.47 Å². The molecule has 0 radical (unpaired) electrons. The number of carbonyl (C=O) groups excluding carboxylic acids is 1. The van der Waals surface area contributed by atoms with Crippen LogP contribution in [0.3, 0.4) is 0 Å². The number of methoxy groups -OCH3 is 1. The van der Waals surface area contributed by atoms with Crippen molar-refractivity contribution in [2.24, 2.45) is 0 Å². The van der Waals surface area contributed by atoms with Crippen molar-refractivity contribution in [3.63, 3.8) is 0 Å². The van der Waals surface area contributed by atoms with Crippen LogP contribution in [0.5, 0.6) is 5.75 Å². The summed E-state index contributed by atoms with van der Waals surface area (Å²) in [5.74, 6) is -0.263. The molecule has 0 aromatic heterocycles. The topological polar surface area (TPSA) is 103 Å². The molecule has 1 atom stereocenters. The van der Waals surface area contributed by atoms with E-state index in [-0.39, 0.29) is 23.4 Å². The van der Waals surface area contributed by atoms with Crippen LogP contribution in [0, 0.1) is 10.1 Å². The highest BCUT2D eigenvalue weighted by Gasteiger charge is 2.19. The molecule has 1 aliphatic rings. The molecule has 1 aliphatic heterocycles. The van der Waals surface area contributed by atoms with E-state index < -0.39 is 4.92 Å². The lowest BCUT2D eigenvalue weighted by atomic mass is 10.1. The average molecular weight is 295 g/mol. The second-order valence-electron chi connectivity index (χ2n) is 4.55. The summed E-state index contributed by atoms with van der Waals surface area (Å²) in [6.07, 6.45) is -0.0670. The number of nitro groups is 1. The number of benzene rings is 1. The summed E-state index contributed by atoms with van der Waals surface area (Å²) in [5.41, 5.74) is 0.134. The summed E-state index contributed by atoms with van der Waals surface area (Å²) in [5, 5.41) is 16.7. The minimum Gasteiger partial charge on any atom is -0.490 e. The highest BCUT2D eigenvalue weighted by molar-refractivity contribution is 5.95. The van der Waals surface area contributed by atoms with Crippen molar-refractivity contribution in [1.82, 2.24) is 10.6 Å². The fourth-order valence-corrected chi connectivity index (χ4v) is 2.03.